The van der Waals surface area contributed by atoms with E-state index in [0.717, 1.165) is 12.1 Å². The summed E-state index contributed by atoms with van der Waals surface area (Å²) in [7, 11) is 0. The first-order chi connectivity index (χ1) is 21.3. The molecule has 4 rings (SSSR count). The lowest BCUT2D eigenvalue weighted by atomic mass is 9.77. The van der Waals surface area contributed by atoms with Crippen molar-refractivity contribution in [3.05, 3.63) is 69.2 Å². The van der Waals surface area contributed by atoms with Gasteiger partial charge in [-0.25, -0.2) is 0 Å². The second-order valence-corrected chi connectivity index (χ2v) is 16.8. The molecule has 0 aromatic heterocycles. The Labute approximate surface area is 286 Å². The van der Waals surface area contributed by atoms with Crippen molar-refractivity contribution < 1.29 is 47.2 Å². The van der Waals surface area contributed by atoms with Gasteiger partial charge in [0.15, 0.2) is 0 Å². The Hall–Kier alpha value is -2.47. The van der Waals surface area contributed by atoms with E-state index < -0.39 is 74.6 Å². The summed E-state index contributed by atoms with van der Waals surface area (Å²) < 4.78 is 53.0. The number of aliphatic carboxylic acids is 1. The van der Waals surface area contributed by atoms with E-state index >= 15 is 0 Å². The molecule has 2 fully saturated rings. The number of thioether (sulfide) groups is 1. The number of aliphatic hydroxyl groups is 1. The van der Waals surface area contributed by atoms with Crippen molar-refractivity contribution in [2.75, 3.05) is 0 Å². The van der Waals surface area contributed by atoms with Crippen molar-refractivity contribution in [3.63, 3.8) is 0 Å². The highest BCUT2D eigenvalue weighted by Crippen LogP contribution is 2.66. The van der Waals surface area contributed by atoms with Gasteiger partial charge in [-0.15, -0.1) is 11.8 Å². The third-order valence-corrected chi connectivity index (χ3v) is 11.0. The van der Waals surface area contributed by atoms with E-state index in [-0.39, 0.29) is 39.4 Å². The molecule has 2 aromatic rings. The Kier molecular flexibility index (Phi) is 9.89. The first kappa shape index (κ1) is 37.4. The van der Waals surface area contributed by atoms with Gasteiger partial charge in [-0.3, -0.25) is 14.4 Å². The van der Waals surface area contributed by atoms with Gasteiger partial charge in [-0.05, 0) is 88.8 Å². The van der Waals surface area contributed by atoms with Gasteiger partial charge in [-0.1, -0.05) is 54.4 Å². The highest BCUT2D eigenvalue weighted by Gasteiger charge is 2.69. The number of hydrogen-bond acceptors (Lipinski definition) is 7. The first-order valence-electron chi connectivity index (χ1n) is 15.0. The number of halogens is 5. The zero-order valence-electron chi connectivity index (χ0n) is 27.1. The molecule has 2 aromatic carbocycles. The zero-order chi connectivity index (χ0) is 35.5. The number of esters is 2. The minimum Gasteiger partial charge on any atom is -0.480 e. The van der Waals surface area contributed by atoms with E-state index in [9.17, 15) is 37.8 Å². The van der Waals surface area contributed by atoms with Crippen LogP contribution in [0.3, 0.4) is 0 Å². The van der Waals surface area contributed by atoms with E-state index in [0.29, 0.717) is 12.0 Å². The number of rotatable bonds is 8. The molecule has 1 aliphatic heterocycles. The third kappa shape index (κ3) is 7.58. The Balaban J connectivity index is 1.71. The van der Waals surface area contributed by atoms with Crippen molar-refractivity contribution >= 4 is 52.9 Å². The third-order valence-electron chi connectivity index (χ3n) is 8.76. The van der Waals surface area contributed by atoms with Crippen LogP contribution >= 0.6 is 35.0 Å². The normalized spacial score (nSPS) is 28.4. The van der Waals surface area contributed by atoms with E-state index in [1.54, 1.807) is 53.7 Å². The Morgan fingerprint density at radius 1 is 0.936 bits per heavy atom. The average Bonchev–Trinajstić information content (AvgIpc) is 3.51. The maximum atomic E-state index is 14.9. The fourth-order valence-corrected chi connectivity index (χ4v) is 8.62. The number of alkyl halides is 3. The summed E-state index contributed by atoms with van der Waals surface area (Å²) in [5, 5.41) is 19.9. The van der Waals surface area contributed by atoms with Gasteiger partial charge in [0.1, 0.15) is 26.8 Å². The van der Waals surface area contributed by atoms with Crippen molar-refractivity contribution in [2.24, 2.45) is 11.3 Å². The molecule has 47 heavy (non-hydrogen) atoms. The molecule has 0 spiro atoms. The maximum Gasteiger partial charge on any atom is 0.407 e. The van der Waals surface area contributed by atoms with E-state index in [4.69, 9.17) is 32.7 Å². The zero-order valence-corrected chi connectivity index (χ0v) is 29.5. The molecule has 6 unspecified atom stereocenters. The van der Waals surface area contributed by atoms with Crippen molar-refractivity contribution in [1.29, 1.82) is 0 Å². The van der Waals surface area contributed by atoms with E-state index in [1.165, 1.54) is 18.2 Å². The quantitative estimate of drug-likeness (QED) is 0.262. The van der Waals surface area contributed by atoms with Crippen molar-refractivity contribution in [2.45, 2.75) is 107 Å². The highest BCUT2D eigenvalue weighted by molar-refractivity contribution is 8.02. The number of carbonyl (C=O) groups is 3. The number of carboxylic acid groups (broad SMARTS) is 1. The highest BCUT2D eigenvalue weighted by atomic mass is 35.5. The summed E-state index contributed by atoms with van der Waals surface area (Å²) in [6, 6.07) is 9.35. The van der Waals surface area contributed by atoms with Crippen LogP contribution in [-0.2, 0) is 34.2 Å². The Morgan fingerprint density at radius 3 is 1.94 bits per heavy atom. The summed E-state index contributed by atoms with van der Waals surface area (Å²) in [5.74, 6) is -3.59. The standard InChI is InChI=1S/C34H39Cl2F3O7S/c1-18(31(16-25(40)45-29(2,3)4)15-24(31)28(43)46-30(5,6)7)19-8-10-20(11-9-19)32(44)17-33(34(37,38)39,47-26(32)27(41)42)21-12-22(35)14-23(36)13-21/h8-14,18,24,26,44H,15-17H2,1-7H3,(H,41,42). The van der Waals surface area contributed by atoms with Gasteiger partial charge in [0.05, 0.1) is 12.3 Å². The molecule has 0 bridgehead atoms. The molecule has 2 N–H and O–H groups in total. The predicted octanol–water partition coefficient (Wildman–Crippen LogP) is 8.41. The topological polar surface area (TPSA) is 110 Å². The van der Waals surface area contributed by atoms with Gasteiger partial charge in [0.25, 0.3) is 0 Å². The number of benzene rings is 2. The first-order valence-corrected chi connectivity index (χ1v) is 16.7. The summed E-state index contributed by atoms with van der Waals surface area (Å²) in [6.07, 6.45) is -5.73. The molecule has 0 radical (unpaired) electrons. The molecule has 0 amide bonds. The van der Waals surface area contributed by atoms with Crippen LogP contribution < -0.4 is 0 Å². The van der Waals surface area contributed by atoms with E-state index in [2.05, 4.69) is 0 Å². The molecule has 6 atom stereocenters. The SMILES string of the molecule is CC(c1ccc(C2(O)CC(c3cc(Cl)cc(Cl)c3)(C(F)(F)F)SC2C(=O)O)cc1)C1(CC(=O)OC(C)(C)C)CC1C(=O)OC(C)(C)C. The maximum absolute atomic E-state index is 14.9. The molecule has 258 valence electrons. The Bertz CT molecular complexity index is 1530. The van der Waals surface area contributed by atoms with Gasteiger partial charge < -0.3 is 19.7 Å². The lowest BCUT2D eigenvalue weighted by Gasteiger charge is -2.33. The average molecular weight is 720 g/mol. The molecule has 7 nitrogen and oxygen atoms in total. The van der Waals surface area contributed by atoms with Gasteiger partial charge in [0, 0.05) is 21.9 Å². The van der Waals surface area contributed by atoms with Gasteiger partial charge in [0.2, 0.25) is 0 Å². The molecule has 1 saturated heterocycles. The molecular formula is C34H39Cl2F3O7S. The number of ether oxygens (including phenoxy) is 2. The molecule has 1 heterocycles. The monoisotopic (exact) mass is 718 g/mol. The summed E-state index contributed by atoms with van der Waals surface area (Å²) in [4.78, 5) is 38.5. The second kappa shape index (κ2) is 12.4. The summed E-state index contributed by atoms with van der Waals surface area (Å²) in [5.41, 5.74) is -4.58. The lowest BCUT2D eigenvalue weighted by molar-refractivity contribution is -0.173. The van der Waals surface area contributed by atoms with Crippen LogP contribution in [0.5, 0.6) is 0 Å². The van der Waals surface area contributed by atoms with Crippen molar-refractivity contribution in [1.82, 2.24) is 0 Å². The number of carbonyl (C=O) groups excluding carboxylic acids is 2. The lowest BCUT2D eigenvalue weighted by Crippen LogP contribution is -2.41. The van der Waals surface area contributed by atoms with Crippen LogP contribution in [0, 0.1) is 11.3 Å². The van der Waals surface area contributed by atoms with Gasteiger partial charge in [-0.2, -0.15) is 13.2 Å². The predicted molar refractivity (Wildman–Crippen MR) is 173 cm³/mol. The van der Waals surface area contributed by atoms with E-state index in [1.807, 2.05) is 6.92 Å². The number of hydrogen-bond donors (Lipinski definition) is 2. The minimum atomic E-state index is -4.99. The second-order valence-electron chi connectivity index (χ2n) is 14.6. The molecule has 1 saturated carbocycles. The largest absolute Gasteiger partial charge is 0.480 e. The van der Waals surface area contributed by atoms with Crippen LogP contribution in [0.1, 0.15) is 90.3 Å². The van der Waals surface area contributed by atoms with Crippen LogP contribution in [0.2, 0.25) is 10.0 Å². The summed E-state index contributed by atoms with van der Waals surface area (Å²) >= 11 is 12.2. The summed E-state index contributed by atoms with van der Waals surface area (Å²) in [6.45, 7) is 12.3. The molecule has 13 heteroatoms. The Morgan fingerprint density at radius 2 is 1.47 bits per heavy atom. The molecular weight excluding hydrogens is 680 g/mol. The van der Waals surface area contributed by atoms with Crippen LogP contribution in [0.25, 0.3) is 0 Å². The van der Waals surface area contributed by atoms with Crippen LogP contribution in [0.4, 0.5) is 13.2 Å². The van der Waals surface area contributed by atoms with Crippen LogP contribution in [0.15, 0.2) is 42.5 Å². The smallest absolute Gasteiger partial charge is 0.407 e. The van der Waals surface area contributed by atoms with Gasteiger partial charge >= 0.3 is 24.1 Å². The molecule has 2 aliphatic rings. The molecule has 1 aliphatic carbocycles. The van der Waals surface area contributed by atoms with Crippen LogP contribution in [-0.4, -0.2) is 50.7 Å². The van der Waals surface area contributed by atoms with Crippen molar-refractivity contribution in [3.8, 4) is 0 Å². The minimum absolute atomic E-state index is 0.0340. The fourth-order valence-electron chi connectivity index (χ4n) is 6.49. The fraction of sp³-hybridized carbons (Fsp3) is 0.559. The number of carboxylic acids is 1.